The minimum atomic E-state index is 0.870. The van der Waals surface area contributed by atoms with E-state index in [0.717, 1.165) is 18.0 Å². The van der Waals surface area contributed by atoms with Crippen molar-refractivity contribution in [3.8, 4) is 0 Å². The Morgan fingerprint density at radius 3 is 2.40 bits per heavy atom. The zero-order valence-electron chi connectivity index (χ0n) is 12.9. The smallest absolute Gasteiger partial charge is 0.0987 e. The molecule has 0 saturated carbocycles. The van der Waals surface area contributed by atoms with Crippen LogP contribution in [-0.4, -0.2) is 16.8 Å². The fourth-order valence-electron chi connectivity index (χ4n) is 2.55. The molecule has 2 rings (SSSR count). The zero-order chi connectivity index (χ0) is 14.7. The molecule has 108 valence electrons. The van der Waals surface area contributed by atoms with Crippen molar-refractivity contribution in [1.82, 2.24) is 15.1 Å². The number of nitrogens with one attached hydrogen (secondary N) is 1. The van der Waals surface area contributed by atoms with Gasteiger partial charge in [0.15, 0.2) is 0 Å². The van der Waals surface area contributed by atoms with Crippen molar-refractivity contribution in [2.24, 2.45) is 7.05 Å². The molecule has 1 heterocycles. The van der Waals surface area contributed by atoms with Gasteiger partial charge in [-0.25, -0.2) is 0 Å². The normalized spacial score (nSPS) is 11.1. The molecule has 1 aromatic carbocycles. The van der Waals surface area contributed by atoms with Crippen molar-refractivity contribution in [3.63, 3.8) is 0 Å². The van der Waals surface area contributed by atoms with Crippen LogP contribution < -0.4 is 5.32 Å². The second kappa shape index (κ2) is 6.46. The molecule has 0 fully saturated rings. The predicted octanol–water partition coefficient (Wildman–Crippen LogP) is 3.36. The Bertz CT molecular complexity index is 582. The van der Waals surface area contributed by atoms with Gasteiger partial charge in [-0.05, 0) is 33.4 Å². The highest BCUT2D eigenvalue weighted by molar-refractivity contribution is 7.98. The molecule has 0 aliphatic carbocycles. The standard InChI is InChI=1S/C16H23N3S/c1-11-6-12(2)8-14(7-11)10-20-16-15(9-17-4)13(3)18-19(16)5/h6-8,17H,9-10H2,1-5H3. The van der Waals surface area contributed by atoms with Crippen molar-refractivity contribution in [2.75, 3.05) is 7.05 Å². The highest BCUT2D eigenvalue weighted by atomic mass is 32.2. The molecular weight excluding hydrogens is 266 g/mol. The molecule has 0 aliphatic rings. The van der Waals surface area contributed by atoms with Crippen molar-refractivity contribution in [1.29, 1.82) is 0 Å². The highest BCUT2D eigenvalue weighted by Crippen LogP contribution is 2.28. The van der Waals surface area contributed by atoms with Crippen LogP contribution in [0.5, 0.6) is 0 Å². The van der Waals surface area contributed by atoms with E-state index >= 15 is 0 Å². The molecule has 0 amide bonds. The lowest BCUT2D eigenvalue weighted by Gasteiger charge is -2.08. The van der Waals surface area contributed by atoms with Crippen LogP contribution in [0.4, 0.5) is 0 Å². The third kappa shape index (κ3) is 3.44. The van der Waals surface area contributed by atoms with Crippen LogP contribution in [0, 0.1) is 20.8 Å². The Balaban J connectivity index is 2.18. The SMILES string of the molecule is CNCc1c(C)nn(C)c1SCc1cc(C)cc(C)c1. The number of thioether (sulfide) groups is 1. The summed E-state index contributed by atoms with van der Waals surface area (Å²) in [5.74, 6) is 0.984. The average molecular weight is 289 g/mol. The van der Waals surface area contributed by atoms with Crippen LogP contribution in [0.25, 0.3) is 0 Å². The lowest BCUT2D eigenvalue weighted by molar-refractivity contribution is 0.683. The summed E-state index contributed by atoms with van der Waals surface area (Å²) in [7, 11) is 4.00. The Hall–Kier alpha value is -1.26. The molecule has 0 atom stereocenters. The van der Waals surface area contributed by atoms with Gasteiger partial charge in [-0.15, -0.1) is 11.8 Å². The molecular formula is C16H23N3S. The molecule has 0 aliphatic heterocycles. The van der Waals surface area contributed by atoms with Gasteiger partial charge in [0.1, 0.15) is 0 Å². The van der Waals surface area contributed by atoms with E-state index in [4.69, 9.17) is 0 Å². The third-order valence-electron chi connectivity index (χ3n) is 3.30. The molecule has 0 spiro atoms. The maximum absolute atomic E-state index is 4.53. The summed E-state index contributed by atoms with van der Waals surface area (Å²) in [5, 5.41) is 9.02. The maximum Gasteiger partial charge on any atom is 0.0987 e. The molecule has 20 heavy (non-hydrogen) atoms. The molecule has 1 N–H and O–H groups in total. The minimum absolute atomic E-state index is 0.870. The van der Waals surface area contributed by atoms with E-state index in [0.29, 0.717) is 0 Å². The molecule has 0 radical (unpaired) electrons. The number of benzene rings is 1. The molecule has 2 aromatic rings. The molecule has 0 saturated heterocycles. The lowest BCUT2D eigenvalue weighted by Crippen LogP contribution is -2.06. The topological polar surface area (TPSA) is 29.9 Å². The number of aromatic nitrogens is 2. The van der Waals surface area contributed by atoms with Gasteiger partial charge < -0.3 is 5.32 Å². The van der Waals surface area contributed by atoms with Gasteiger partial charge in [-0.3, -0.25) is 4.68 Å². The largest absolute Gasteiger partial charge is 0.316 e. The Labute approximate surface area is 125 Å². The maximum atomic E-state index is 4.53. The first kappa shape index (κ1) is 15.1. The van der Waals surface area contributed by atoms with Gasteiger partial charge >= 0.3 is 0 Å². The number of nitrogens with zero attached hydrogens (tertiary/aromatic N) is 2. The third-order valence-corrected chi connectivity index (χ3v) is 4.56. The molecule has 4 heteroatoms. The van der Waals surface area contributed by atoms with E-state index in [9.17, 15) is 0 Å². The van der Waals surface area contributed by atoms with Crippen molar-refractivity contribution in [2.45, 2.75) is 38.1 Å². The fourth-order valence-corrected chi connectivity index (χ4v) is 3.64. The molecule has 1 aromatic heterocycles. The zero-order valence-corrected chi connectivity index (χ0v) is 13.8. The summed E-state index contributed by atoms with van der Waals surface area (Å²) in [6, 6.07) is 6.75. The van der Waals surface area contributed by atoms with Crippen molar-refractivity contribution < 1.29 is 0 Å². The summed E-state index contributed by atoms with van der Waals surface area (Å²) in [6.45, 7) is 7.26. The molecule has 0 bridgehead atoms. The average Bonchev–Trinajstić information content (AvgIpc) is 2.61. The molecule has 0 unspecified atom stereocenters. The number of rotatable bonds is 5. The predicted molar refractivity (Wildman–Crippen MR) is 86.2 cm³/mol. The Morgan fingerprint density at radius 1 is 1.15 bits per heavy atom. The Morgan fingerprint density at radius 2 is 1.80 bits per heavy atom. The van der Waals surface area contributed by atoms with E-state index in [1.165, 1.54) is 27.3 Å². The number of hydrogen-bond donors (Lipinski definition) is 1. The van der Waals surface area contributed by atoms with Gasteiger partial charge in [-0.2, -0.15) is 5.10 Å². The summed E-state index contributed by atoms with van der Waals surface area (Å²) in [5.41, 5.74) is 6.46. The van der Waals surface area contributed by atoms with E-state index < -0.39 is 0 Å². The second-order valence-corrected chi connectivity index (χ2v) is 6.27. The van der Waals surface area contributed by atoms with E-state index in [1.807, 2.05) is 30.5 Å². The van der Waals surface area contributed by atoms with E-state index in [2.05, 4.69) is 49.4 Å². The fraction of sp³-hybridized carbons (Fsp3) is 0.438. The van der Waals surface area contributed by atoms with Crippen LogP contribution in [0.1, 0.15) is 27.9 Å². The summed E-state index contributed by atoms with van der Waals surface area (Å²) < 4.78 is 2.00. The van der Waals surface area contributed by atoms with Gasteiger partial charge in [-0.1, -0.05) is 29.3 Å². The Kier molecular flexibility index (Phi) is 4.89. The van der Waals surface area contributed by atoms with Gasteiger partial charge in [0.05, 0.1) is 10.7 Å². The number of hydrogen-bond acceptors (Lipinski definition) is 3. The van der Waals surface area contributed by atoms with Crippen LogP contribution in [0.3, 0.4) is 0 Å². The molecule has 3 nitrogen and oxygen atoms in total. The van der Waals surface area contributed by atoms with Crippen LogP contribution in [0.2, 0.25) is 0 Å². The van der Waals surface area contributed by atoms with Crippen molar-refractivity contribution in [3.05, 3.63) is 46.1 Å². The highest BCUT2D eigenvalue weighted by Gasteiger charge is 2.13. The van der Waals surface area contributed by atoms with E-state index in [-0.39, 0.29) is 0 Å². The first-order valence-corrected chi connectivity index (χ1v) is 7.87. The van der Waals surface area contributed by atoms with Crippen molar-refractivity contribution >= 4 is 11.8 Å². The van der Waals surface area contributed by atoms with Gasteiger partial charge in [0.2, 0.25) is 0 Å². The van der Waals surface area contributed by atoms with Crippen LogP contribution in [0.15, 0.2) is 23.2 Å². The van der Waals surface area contributed by atoms with Gasteiger partial charge in [0.25, 0.3) is 0 Å². The number of aryl methyl sites for hydroxylation is 4. The first-order chi connectivity index (χ1) is 9.51. The quantitative estimate of drug-likeness (QED) is 0.856. The monoisotopic (exact) mass is 289 g/mol. The minimum Gasteiger partial charge on any atom is -0.316 e. The van der Waals surface area contributed by atoms with E-state index in [1.54, 1.807) is 0 Å². The summed E-state index contributed by atoms with van der Waals surface area (Å²) in [4.78, 5) is 0. The summed E-state index contributed by atoms with van der Waals surface area (Å²) >= 11 is 1.87. The lowest BCUT2D eigenvalue weighted by atomic mass is 10.1. The van der Waals surface area contributed by atoms with Gasteiger partial charge in [0, 0.05) is 24.9 Å². The van der Waals surface area contributed by atoms with Crippen LogP contribution in [-0.2, 0) is 19.3 Å². The first-order valence-electron chi connectivity index (χ1n) is 6.88. The van der Waals surface area contributed by atoms with Crippen LogP contribution >= 0.6 is 11.8 Å². The summed E-state index contributed by atoms with van der Waals surface area (Å²) in [6.07, 6.45) is 0. The second-order valence-electron chi connectivity index (χ2n) is 5.31.